The second-order valence-electron chi connectivity index (χ2n) is 7.51. The van der Waals surface area contributed by atoms with Gasteiger partial charge in [0.25, 0.3) is 5.91 Å². The van der Waals surface area contributed by atoms with Crippen molar-refractivity contribution in [1.29, 1.82) is 5.26 Å². The molecule has 2 aromatic heterocycles. The van der Waals surface area contributed by atoms with Crippen LogP contribution in [0.5, 0.6) is 5.75 Å². The van der Waals surface area contributed by atoms with Crippen LogP contribution < -0.4 is 9.64 Å². The number of rotatable bonds is 4. The lowest BCUT2D eigenvalue weighted by molar-refractivity contribution is 0.0624. The minimum atomic E-state index is -0.126. The van der Waals surface area contributed by atoms with Gasteiger partial charge in [0.05, 0.1) is 10.9 Å². The van der Waals surface area contributed by atoms with E-state index in [9.17, 15) is 4.79 Å². The number of carbonyl (C=O) groups excluding carboxylic acids is 1. The number of hydrogen-bond donors (Lipinski definition) is 1. The third-order valence-corrected chi connectivity index (χ3v) is 5.76. The first kappa shape index (κ1) is 17.5. The monoisotopic (exact) mass is 388 g/mol. The van der Waals surface area contributed by atoms with E-state index in [0.717, 1.165) is 42.8 Å². The predicted octanol–water partition coefficient (Wildman–Crippen LogP) is 2.36. The van der Waals surface area contributed by atoms with Gasteiger partial charge in [-0.2, -0.15) is 5.26 Å². The quantitative estimate of drug-likeness (QED) is 0.737. The number of aromatic nitrogens is 3. The molecule has 1 amide bonds. The van der Waals surface area contributed by atoms with E-state index in [4.69, 9.17) is 10.00 Å². The van der Waals surface area contributed by atoms with E-state index in [2.05, 4.69) is 19.9 Å². The van der Waals surface area contributed by atoms with Crippen LogP contribution in [0.4, 0.5) is 5.82 Å². The molecule has 5 rings (SSSR count). The number of ether oxygens (including phenoxy) is 1. The molecule has 0 unspecified atom stereocenters. The molecule has 1 saturated heterocycles. The number of hydrogen-bond acceptors (Lipinski definition) is 6. The summed E-state index contributed by atoms with van der Waals surface area (Å²) in [4.78, 5) is 29.4. The number of nitrogens with zero attached hydrogens (tertiary/aromatic N) is 5. The Hall–Kier alpha value is -3.60. The fraction of sp³-hybridized carbons (Fsp3) is 0.333. The van der Waals surface area contributed by atoms with E-state index < -0.39 is 0 Å². The lowest BCUT2D eigenvalue weighted by Crippen LogP contribution is -2.57. The highest BCUT2D eigenvalue weighted by molar-refractivity contribution is 5.95. The lowest BCUT2D eigenvalue weighted by atomic mass is 10.1. The van der Waals surface area contributed by atoms with E-state index in [1.807, 2.05) is 23.2 Å². The number of piperazine rings is 1. The number of benzene rings is 1. The van der Waals surface area contributed by atoms with Crippen LogP contribution in [0, 0.1) is 11.3 Å². The molecular weight excluding hydrogens is 368 g/mol. The van der Waals surface area contributed by atoms with Crippen molar-refractivity contribution in [2.75, 3.05) is 31.1 Å². The molecule has 2 fully saturated rings. The van der Waals surface area contributed by atoms with Crippen LogP contribution in [0.25, 0.3) is 11.0 Å². The number of fused-ring (bicyclic) bond motifs is 1. The maximum absolute atomic E-state index is 13.2. The van der Waals surface area contributed by atoms with Crippen LogP contribution in [-0.2, 0) is 0 Å². The zero-order valence-electron chi connectivity index (χ0n) is 15.8. The van der Waals surface area contributed by atoms with E-state index in [0.29, 0.717) is 17.9 Å². The Balaban J connectivity index is 1.34. The summed E-state index contributed by atoms with van der Waals surface area (Å²) in [6.45, 7) is 2.16. The molecule has 1 aromatic carbocycles. The van der Waals surface area contributed by atoms with E-state index in [1.54, 1.807) is 30.6 Å². The van der Waals surface area contributed by atoms with Gasteiger partial charge in [-0.15, -0.1) is 0 Å². The second kappa shape index (κ2) is 6.78. The Morgan fingerprint density at radius 1 is 1.21 bits per heavy atom. The van der Waals surface area contributed by atoms with Gasteiger partial charge in [-0.1, -0.05) is 0 Å². The molecule has 0 bridgehead atoms. The summed E-state index contributed by atoms with van der Waals surface area (Å²) in [6, 6.07) is 11.0. The van der Waals surface area contributed by atoms with Crippen LogP contribution in [0.15, 0.2) is 42.9 Å². The van der Waals surface area contributed by atoms with Gasteiger partial charge in [0.15, 0.2) is 6.61 Å². The van der Waals surface area contributed by atoms with Gasteiger partial charge in [0.1, 0.15) is 29.6 Å². The van der Waals surface area contributed by atoms with Gasteiger partial charge < -0.3 is 19.5 Å². The van der Waals surface area contributed by atoms with Gasteiger partial charge in [-0.25, -0.2) is 9.97 Å². The Morgan fingerprint density at radius 3 is 2.79 bits per heavy atom. The number of H-pyrrole nitrogens is 1. The van der Waals surface area contributed by atoms with Crippen molar-refractivity contribution in [2.45, 2.75) is 18.4 Å². The molecule has 3 aromatic rings. The SMILES string of the molecule is N#CCOc1ccc(C(=O)N2CCN(c3ncnc4[nH]ccc34)CC23CC3)cc1. The molecule has 29 heavy (non-hydrogen) atoms. The van der Waals surface area contributed by atoms with Crippen molar-refractivity contribution in [2.24, 2.45) is 0 Å². The molecule has 8 nitrogen and oxygen atoms in total. The van der Waals surface area contributed by atoms with Crippen molar-refractivity contribution < 1.29 is 9.53 Å². The van der Waals surface area contributed by atoms with Crippen LogP contribution in [0.1, 0.15) is 23.2 Å². The fourth-order valence-corrected chi connectivity index (χ4v) is 4.12. The third-order valence-electron chi connectivity index (χ3n) is 5.76. The first-order chi connectivity index (χ1) is 14.2. The predicted molar refractivity (Wildman–Crippen MR) is 107 cm³/mol. The second-order valence-corrected chi connectivity index (χ2v) is 7.51. The normalized spacial score (nSPS) is 17.3. The van der Waals surface area contributed by atoms with Gasteiger partial charge in [-0.05, 0) is 43.2 Å². The van der Waals surface area contributed by atoms with Crippen LogP contribution in [-0.4, -0.2) is 57.5 Å². The summed E-state index contributed by atoms with van der Waals surface area (Å²) in [7, 11) is 0. The number of aromatic amines is 1. The van der Waals surface area contributed by atoms with Crippen molar-refractivity contribution in [3.8, 4) is 11.8 Å². The molecule has 2 aliphatic rings. The fourth-order valence-electron chi connectivity index (χ4n) is 4.12. The first-order valence-corrected chi connectivity index (χ1v) is 9.65. The van der Waals surface area contributed by atoms with E-state index in [1.165, 1.54) is 0 Å². The minimum Gasteiger partial charge on any atom is -0.479 e. The number of anilines is 1. The average Bonchev–Trinajstić information content (AvgIpc) is 3.33. The van der Waals surface area contributed by atoms with Crippen molar-refractivity contribution >= 4 is 22.8 Å². The molecule has 146 valence electrons. The van der Waals surface area contributed by atoms with Gasteiger partial charge in [0.2, 0.25) is 0 Å². The van der Waals surface area contributed by atoms with E-state index >= 15 is 0 Å². The van der Waals surface area contributed by atoms with E-state index in [-0.39, 0.29) is 18.1 Å². The van der Waals surface area contributed by atoms with Crippen molar-refractivity contribution in [3.05, 3.63) is 48.4 Å². The van der Waals surface area contributed by atoms with Gasteiger partial charge in [0, 0.05) is 31.4 Å². The number of carbonyl (C=O) groups is 1. The molecule has 1 spiro atoms. The Kier molecular flexibility index (Phi) is 4.09. The Labute approximate surface area is 167 Å². The summed E-state index contributed by atoms with van der Waals surface area (Å²) >= 11 is 0. The third kappa shape index (κ3) is 3.05. The zero-order valence-corrected chi connectivity index (χ0v) is 15.8. The summed E-state index contributed by atoms with van der Waals surface area (Å²) in [6.07, 6.45) is 5.46. The number of nitriles is 1. The number of nitrogens with one attached hydrogen (secondary N) is 1. The summed E-state index contributed by atoms with van der Waals surface area (Å²) < 4.78 is 5.27. The highest BCUT2D eigenvalue weighted by Gasteiger charge is 2.53. The summed E-state index contributed by atoms with van der Waals surface area (Å²) in [5, 5.41) is 9.62. The molecule has 1 N–H and O–H groups in total. The maximum Gasteiger partial charge on any atom is 0.254 e. The Morgan fingerprint density at radius 2 is 2.03 bits per heavy atom. The molecule has 1 aliphatic carbocycles. The van der Waals surface area contributed by atoms with Gasteiger partial charge >= 0.3 is 0 Å². The van der Waals surface area contributed by atoms with Crippen molar-refractivity contribution in [3.63, 3.8) is 0 Å². The molecule has 8 heteroatoms. The summed E-state index contributed by atoms with van der Waals surface area (Å²) in [5.74, 6) is 1.56. The first-order valence-electron chi connectivity index (χ1n) is 9.65. The minimum absolute atomic E-state index is 0.00415. The van der Waals surface area contributed by atoms with Crippen LogP contribution >= 0.6 is 0 Å². The molecule has 1 saturated carbocycles. The molecule has 3 heterocycles. The smallest absolute Gasteiger partial charge is 0.254 e. The topological polar surface area (TPSA) is 98.1 Å². The summed E-state index contributed by atoms with van der Waals surface area (Å²) in [5.41, 5.74) is 1.35. The lowest BCUT2D eigenvalue weighted by Gasteiger charge is -2.42. The largest absolute Gasteiger partial charge is 0.479 e. The van der Waals surface area contributed by atoms with Crippen molar-refractivity contribution in [1.82, 2.24) is 19.9 Å². The standard InChI is InChI=1S/C21H20N6O2/c22-8-12-29-16-3-1-15(2-4-16)20(28)27-11-10-26(13-21(27)6-7-21)19-17-5-9-23-18(17)24-14-25-19/h1-5,9,14H,6-7,10-13H2,(H,23,24,25). The Bertz CT molecular complexity index is 1100. The maximum atomic E-state index is 13.2. The van der Waals surface area contributed by atoms with Gasteiger partial charge in [-0.3, -0.25) is 4.79 Å². The number of amides is 1. The highest BCUT2D eigenvalue weighted by Crippen LogP contribution is 2.46. The zero-order chi connectivity index (χ0) is 19.8. The average molecular weight is 388 g/mol. The van der Waals surface area contributed by atoms with Crippen LogP contribution in [0.2, 0.25) is 0 Å². The molecular formula is C21H20N6O2. The molecule has 0 radical (unpaired) electrons. The van der Waals surface area contributed by atoms with Crippen LogP contribution in [0.3, 0.4) is 0 Å². The molecule has 0 atom stereocenters. The highest BCUT2D eigenvalue weighted by atomic mass is 16.5. The molecule has 1 aliphatic heterocycles.